The highest BCUT2D eigenvalue weighted by Crippen LogP contribution is 2.11. The maximum atomic E-state index is 12.2. The number of likely N-dealkylation sites (tertiary alicyclic amines) is 1. The monoisotopic (exact) mass is 341 g/mol. The molecule has 0 aromatic heterocycles. The summed E-state index contributed by atoms with van der Waals surface area (Å²) in [6, 6.07) is 0. The van der Waals surface area contributed by atoms with Crippen LogP contribution in [-0.4, -0.2) is 55.2 Å². The number of alkyl carbamates (subject to hydrolysis) is 2. The van der Waals surface area contributed by atoms with Crippen molar-refractivity contribution in [2.45, 2.75) is 33.1 Å². The van der Waals surface area contributed by atoms with Crippen molar-refractivity contribution in [1.82, 2.24) is 15.5 Å². The summed E-state index contributed by atoms with van der Waals surface area (Å²) in [6.07, 6.45) is 2.37. The van der Waals surface area contributed by atoms with Crippen LogP contribution in [0.1, 0.15) is 33.1 Å². The first-order valence-corrected chi connectivity index (χ1v) is 7.90. The minimum absolute atomic E-state index is 0.0826. The topological polar surface area (TPSA) is 114 Å². The molecule has 1 aliphatic rings. The van der Waals surface area contributed by atoms with Gasteiger partial charge in [-0.15, -0.1) is 0 Å². The van der Waals surface area contributed by atoms with E-state index in [2.05, 4.69) is 9.47 Å². The van der Waals surface area contributed by atoms with E-state index >= 15 is 0 Å². The van der Waals surface area contributed by atoms with Crippen molar-refractivity contribution >= 4 is 24.0 Å². The normalized spacial score (nSPS) is 13.5. The molecule has 1 aliphatic heterocycles. The number of ether oxygens (including phenoxy) is 2. The molecule has 0 unspecified atom stereocenters. The molecule has 0 aromatic carbocycles. The summed E-state index contributed by atoms with van der Waals surface area (Å²) in [7, 11) is 0. The Bertz CT molecular complexity index is 477. The molecule has 1 fully saturated rings. The molecule has 0 aliphatic carbocycles. The molecular formula is C15H23N3O6. The van der Waals surface area contributed by atoms with Gasteiger partial charge in [0.1, 0.15) is 5.57 Å². The molecule has 1 rings (SSSR count). The first kappa shape index (κ1) is 19.5. The lowest BCUT2D eigenvalue weighted by Gasteiger charge is -2.25. The lowest BCUT2D eigenvalue weighted by atomic mass is 10.1. The Morgan fingerprint density at radius 2 is 1.33 bits per heavy atom. The largest absolute Gasteiger partial charge is 0.450 e. The third kappa shape index (κ3) is 6.67. The number of hydrogen-bond donors (Lipinski definition) is 2. The smallest absolute Gasteiger partial charge is 0.414 e. The highest BCUT2D eigenvalue weighted by molar-refractivity contribution is 6.23. The Morgan fingerprint density at radius 3 is 1.75 bits per heavy atom. The van der Waals surface area contributed by atoms with E-state index in [0.29, 0.717) is 13.1 Å². The van der Waals surface area contributed by atoms with E-state index in [-0.39, 0.29) is 18.8 Å². The van der Waals surface area contributed by atoms with Gasteiger partial charge in [-0.25, -0.2) is 9.59 Å². The van der Waals surface area contributed by atoms with Crippen molar-refractivity contribution in [2.75, 3.05) is 26.3 Å². The van der Waals surface area contributed by atoms with Gasteiger partial charge in [0.25, 0.3) is 11.8 Å². The van der Waals surface area contributed by atoms with Gasteiger partial charge in [-0.1, -0.05) is 0 Å². The summed E-state index contributed by atoms with van der Waals surface area (Å²) in [5.41, 5.74) is -0.363. The molecule has 4 amide bonds. The van der Waals surface area contributed by atoms with E-state index in [4.69, 9.17) is 0 Å². The van der Waals surface area contributed by atoms with Crippen molar-refractivity contribution in [3.05, 3.63) is 11.8 Å². The van der Waals surface area contributed by atoms with Gasteiger partial charge in [-0.2, -0.15) is 0 Å². The fourth-order valence-corrected chi connectivity index (χ4v) is 2.10. The van der Waals surface area contributed by atoms with E-state index in [1.165, 1.54) is 6.20 Å². The van der Waals surface area contributed by atoms with E-state index in [1.807, 2.05) is 10.6 Å². The Hall–Kier alpha value is -2.58. The molecule has 0 aromatic rings. The number of rotatable bonds is 5. The van der Waals surface area contributed by atoms with Crippen LogP contribution in [-0.2, 0) is 19.1 Å². The molecule has 9 heteroatoms. The molecule has 0 spiro atoms. The van der Waals surface area contributed by atoms with Gasteiger partial charge >= 0.3 is 12.2 Å². The van der Waals surface area contributed by atoms with Gasteiger partial charge in [0.15, 0.2) is 0 Å². The quantitative estimate of drug-likeness (QED) is 0.434. The second-order valence-electron chi connectivity index (χ2n) is 4.99. The van der Waals surface area contributed by atoms with Gasteiger partial charge in [0.05, 0.1) is 13.2 Å². The minimum Gasteiger partial charge on any atom is -0.450 e. The fourth-order valence-electron chi connectivity index (χ4n) is 2.10. The highest BCUT2D eigenvalue weighted by Gasteiger charge is 2.24. The van der Waals surface area contributed by atoms with Gasteiger partial charge in [-0.3, -0.25) is 20.2 Å². The van der Waals surface area contributed by atoms with Crippen LogP contribution in [0.25, 0.3) is 0 Å². The van der Waals surface area contributed by atoms with Crippen LogP contribution in [0.3, 0.4) is 0 Å². The average Bonchev–Trinajstić information content (AvgIpc) is 2.53. The number of carbonyl (C=O) groups is 4. The zero-order chi connectivity index (χ0) is 17.9. The van der Waals surface area contributed by atoms with Crippen LogP contribution in [0.15, 0.2) is 11.8 Å². The van der Waals surface area contributed by atoms with Crippen molar-refractivity contribution in [3.8, 4) is 0 Å². The summed E-state index contributed by atoms with van der Waals surface area (Å²) in [5, 5.41) is 3.90. The first-order chi connectivity index (χ1) is 11.5. The van der Waals surface area contributed by atoms with Gasteiger partial charge in [-0.05, 0) is 33.1 Å². The Kier molecular flexibility index (Phi) is 8.31. The maximum Gasteiger partial charge on any atom is 0.414 e. The van der Waals surface area contributed by atoms with E-state index in [0.717, 1.165) is 19.3 Å². The maximum absolute atomic E-state index is 12.2. The van der Waals surface area contributed by atoms with Crippen LogP contribution in [0.2, 0.25) is 0 Å². The fraction of sp³-hybridized carbons (Fsp3) is 0.600. The third-order valence-electron chi connectivity index (χ3n) is 3.17. The Morgan fingerprint density at radius 1 is 0.875 bits per heavy atom. The van der Waals surface area contributed by atoms with Gasteiger partial charge < -0.3 is 14.4 Å². The molecule has 0 atom stereocenters. The molecule has 0 bridgehead atoms. The highest BCUT2D eigenvalue weighted by atomic mass is 16.6. The zero-order valence-corrected chi connectivity index (χ0v) is 13.9. The number of hydrogen-bond acceptors (Lipinski definition) is 7. The van der Waals surface area contributed by atoms with Crippen molar-refractivity contribution in [3.63, 3.8) is 0 Å². The standard InChI is InChI=1S/C15H23N3O6/c1-3-23-14(21)16-12(19)11(10-18-8-6-5-7-9-18)13(20)17-15(22)24-4-2/h10H,3-9H2,1-2H3,(H,16,19,21)(H,17,20,22). The van der Waals surface area contributed by atoms with E-state index < -0.39 is 24.0 Å². The number of carbonyl (C=O) groups excluding carboxylic acids is 4. The SMILES string of the molecule is CCOC(=O)NC(=O)C(=CN1CCCCC1)C(=O)NC(=O)OCC. The summed E-state index contributed by atoms with van der Waals surface area (Å²) >= 11 is 0. The molecule has 9 nitrogen and oxygen atoms in total. The van der Waals surface area contributed by atoms with Gasteiger partial charge in [0, 0.05) is 19.3 Å². The van der Waals surface area contributed by atoms with Crippen LogP contribution in [0.4, 0.5) is 9.59 Å². The summed E-state index contributed by atoms with van der Waals surface area (Å²) in [6.45, 7) is 4.70. The molecule has 1 saturated heterocycles. The lowest BCUT2D eigenvalue weighted by Crippen LogP contribution is -2.41. The average molecular weight is 341 g/mol. The number of nitrogens with zero attached hydrogens (tertiary/aromatic N) is 1. The Labute approximate surface area is 140 Å². The Balaban J connectivity index is 2.86. The van der Waals surface area contributed by atoms with Crippen LogP contribution in [0, 0.1) is 0 Å². The molecular weight excluding hydrogens is 318 g/mol. The summed E-state index contributed by atoms with van der Waals surface area (Å²) < 4.78 is 9.23. The number of nitrogens with one attached hydrogen (secondary N) is 2. The van der Waals surface area contributed by atoms with Crippen molar-refractivity contribution in [2.24, 2.45) is 0 Å². The second-order valence-corrected chi connectivity index (χ2v) is 4.99. The van der Waals surface area contributed by atoms with E-state index in [9.17, 15) is 19.2 Å². The molecule has 1 heterocycles. The molecule has 0 radical (unpaired) electrons. The molecule has 2 N–H and O–H groups in total. The van der Waals surface area contributed by atoms with E-state index in [1.54, 1.807) is 18.7 Å². The number of imide groups is 2. The van der Waals surface area contributed by atoms with Gasteiger partial charge in [0.2, 0.25) is 0 Å². The number of piperidine rings is 1. The third-order valence-corrected chi connectivity index (χ3v) is 3.17. The minimum atomic E-state index is -0.962. The first-order valence-electron chi connectivity index (χ1n) is 7.90. The number of amides is 4. The van der Waals surface area contributed by atoms with Crippen LogP contribution < -0.4 is 10.6 Å². The zero-order valence-electron chi connectivity index (χ0n) is 13.9. The molecule has 0 saturated carbocycles. The molecule has 134 valence electrons. The van der Waals surface area contributed by atoms with Crippen LogP contribution in [0.5, 0.6) is 0 Å². The summed E-state index contributed by atoms with van der Waals surface area (Å²) in [5.74, 6) is -1.89. The van der Waals surface area contributed by atoms with Crippen molar-refractivity contribution < 1.29 is 28.7 Å². The van der Waals surface area contributed by atoms with Crippen molar-refractivity contribution in [1.29, 1.82) is 0 Å². The lowest BCUT2D eigenvalue weighted by molar-refractivity contribution is -0.122. The summed E-state index contributed by atoms with van der Waals surface area (Å²) in [4.78, 5) is 48.9. The second kappa shape index (κ2) is 10.2. The predicted octanol–water partition coefficient (Wildman–Crippen LogP) is 0.902. The predicted molar refractivity (Wildman–Crippen MR) is 83.8 cm³/mol. The van der Waals surface area contributed by atoms with Crippen LogP contribution >= 0.6 is 0 Å². The molecule has 24 heavy (non-hydrogen) atoms.